The van der Waals surface area contributed by atoms with E-state index in [0.29, 0.717) is 29.9 Å². The molecular formula is C18H25NO5. The molecule has 0 radical (unpaired) electrons. The molecule has 0 heterocycles. The second-order valence-corrected chi connectivity index (χ2v) is 5.54. The normalized spacial score (nSPS) is 12.8. The number of carboxylic acids is 1. The molecule has 0 spiro atoms. The number of rotatable bonds is 9. The second-order valence-electron chi connectivity index (χ2n) is 5.54. The molecule has 0 aliphatic carbocycles. The summed E-state index contributed by atoms with van der Waals surface area (Å²) in [5, 5.41) is 11.9. The Morgan fingerprint density at radius 1 is 1.33 bits per heavy atom. The quantitative estimate of drug-likeness (QED) is 0.678. The van der Waals surface area contributed by atoms with Gasteiger partial charge in [-0.15, -0.1) is 6.58 Å². The summed E-state index contributed by atoms with van der Waals surface area (Å²) in [4.78, 5) is 23.9. The maximum atomic E-state index is 12.5. The Kier molecular flexibility index (Phi) is 7.30. The number of methoxy groups -OCH3 is 2. The average Bonchev–Trinajstić information content (AvgIpc) is 2.57. The molecule has 6 heteroatoms. The summed E-state index contributed by atoms with van der Waals surface area (Å²) in [6.45, 7) is 7.36. The van der Waals surface area contributed by atoms with Crippen LogP contribution in [0.2, 0.25) is 0 Å². The number of hydrogen-bond acceptors (Lipinski definition) is 4. The van der Waals surface area contributed by atoms with Crippen LogP contribution in [0.15, 0.2) is 24.8 Å². The molecule has 0 fully saturated rings. The van der Waals surface area contributed by atoms with Gasteiger partial charge in [0.2, 0.25) is 0 Å². The number of allylic oxidation sites excluding steroid dienone is 1. The molecule has 1 aromatic rings. The van der Waals surface area contributed by atoms with Crippen molar-refractivity contribution < 1.29 is 24.2 Å². The van der Waals surface area contributed by atoms with Gasteiger partial charge >= 0.3 is 5.97 Å². The standard InChI is InChI=1S/C18H25NO5/c1-6-8-12-9-13(10-14(23-4)16(12)24-5)17(20)19-15(18(21)22)11(3)7-2/h6,9-11,15H,1,7-8H2,2-5H3,(H,19,20)(H,21,22). The van der Waals surface area contributed by atoms with Crippen LogP contribution in [0, 0.1) is 5.92 Å². The number of carboxylic acid groups (broad SMARTS) is 1. The summed E-state index contributed by atoms with van der Waals surface area (Å²) in [6, 6.07) is 2.25. The molecule has 0 aromatic heterocycles. The van der Waals surface area contributed by atoms with E-state index >= 15 is 0 Å². The molecule has 1 amide bonds. The maximum Gasteiger partial charge on any atom is 0.326 e. The van der Waals surface area contributed by atoms with Gasteiger partial charge in [0.25, 0.3) is 5.91 Å². The Morgan fingerprint density at radius 3 is 2.46 bits per heavy atom. The van der Waals surface area contributed by atoms with E-state index < -0.39 is 17.9 Å². The van der Waals surface area contributed by atoms with Crippen molar-refractivity contribution in [2.45, 2.75) is 32.7 Å². The Labute approximate surface area is 142 Å². The number of ether oxygens (including phenoxy) is 2. The van der Waals surface area contributed by atoms with Crippen LogP contribution in [0.4, 0.5) is 0 Å². The highest BCUT2D eigenvalue weighted by atomic mass is 16.5. The van der Waals surface area contributed by atoms with Crippen molar-refractivity contribution in [1.82, 2.24) is 5.32 Å². The molecule has 0 saturated carbocycles. The summed E-state index contributed by atoms with van der Waals surface area (Å²) in [5.74, 6) is -0.749. The van der Waals surface area contributed by atoms with Crippen LogP contribution in [0.3, 0.4) is 0 Å². The summed E-state index contributed by atoms with van der Waals surface area (Å²) >= 11 is 0. The van der Waals surface area contributed by atoms with Crippen LogP contribution in [-0.2, 0) is 11.2 Å². The first-order valence-electron chi connectivity index (χ1n) is 7.78. The fourth-order valence-corrected chi connectivity index (χ4v) is 2.39. The third kappa shape index (κ3) is 4.50. The van der Waals surface area contributed by atoms with Gasteiger partial charge in [0.15, 0.2) is 11.5 Å². The molecule has 6 nitrogen and oxygen atoms in total. The van der Waals surface area contributed by atoms with E-state index in [2.05, 4.69) is 11.9 Å². The number of nitrogens with one attached hydrogen (secondary N) is 1. The number of carbonyl (C=O) groups excluding carboxylic acids is 1. The highest BCUT2D eigenvalue weighted by molar-refractivity contribution is 5.97. The number of carbonyl (C=O) groups is 2. The van der Waals surface area contributed by atoms with Crippen molar-refractivity contribution in [3.8, 4) is 11.5 Å². The third-order valence-electron chi connectivity index (χ3n) is 3.95. The zero-order valence-corrected chi connectivity index (χ0v) is 14.6. The Hall–Kier alpha value is -2.50. The van der Waals surface area contributed by atoms with Crippen molar-refractivity contribution >= 4 is 11.9 Å². The first-order valence-corrected chi connectivity index (χ1v) is 7.78. The van der Waals surface area contributed by atoms with Crippen LogP contribution < -0.4 is 14.8 Å². The van der Waals surface area contributed by atoms with Gasteiger partial charge in [-0.2, -0.15) is 0 Å². The molecule has 2 unspecified atom stereocenters. The number of aliphatic carboxylic acids is 1. The summed E-state index contributed by atoms with van der Waals surface area (Å²) in [7, 11) is 3.00. The van der Waals surface area contributed by atoms with Crippen molar-refractivity contribution in [2.24, 2.45) is 5.92 Å². The minimum Gasteiger partial charge on any atom is -0.493 e. The van der Waals surface area contributed by atoms with Crippen LogP contribution in [-0.4, -0.2) is 37.2 Å². The predicted octanol–water partition coefficient (Wildman–Crippen LogP) is 2.66. The monoisotopic (exact) mass is 335 g/mol. The summed E-state index contributed by atoms with van der Waals surface area (Å²) < 4.78 is 10.6. The first-order chi connectivity index (χ1) is 11.4. The van der Waals surface area contributed by atoms with Gasteiger partial charge in [-0.3, -0.25) is 4.79 Å². The maximum absolute atomic E-state index is 12.5. The van der Waals surface area contributed by atoms with E-state index in [1.807, 2.05) is 6.92 Å². The minimum absolute atomic E-state index is 0.181. The van der Waals surface area contributed by atoms with Gasteiger partial charge in [0.1, 0.15) is 6.04 Å². The molecule has 132 valence electrons. The lowest BCUT2D eigenvalue weighted by Crippen LogP contribution is -2.45. The number of hydrogen-bond donors (Lipinski definition) is 2. The van der Waals surface area contributed by atoms with Crippen LogP contribution in [0.1, 0.15) is 36.2 Å². The fraction of sp³-hybridized carbons (Fsp3) is 0.444. The molecule has 2 N–H and O–H groups in total. The third-order valence-corrected chi connectivity index (χ3v) is 3.95. The summed E-state index contributed by atoms with van der Waals surface area (Å²) in [6.07, 6.45) is 2.83. The highest BCUT2D eigenvalue weighted by Gasteiger charge is 2.26. The average molecular weight is 335 g/mol. The van der Waals surface area contributed by atoms with Crippen molar-refractivity contribution in [3.05, 3.63) is 35.9 Å². The zero-order valence-electron chi connectivity index (χ0n) is 14.6. The van der Waals surface area contributed by atoms with Crippen LogP contribution >= 0.6 is 0 Å². The molecule has 0 aliphatic heterocycles. The van der Waals surface area contributed by atoms with Crippen molar-refractivity contribution in [3.63, 3.8) is 0 Å². The Bertz CT molecular complexity index is 612. The van der Waals surface area contributed by atoms with E-state index in [1.165, 1.54) is 20.3 Å². The SMILES string of the molecule is C=CCc1cc(C(=O)NC(C(=O)O)C(C)CC)cc(OC)c1OC. The molecule has 2 atom stereocenters. The molecule has 24 heavy (non-hydrogen) atoms. The van der Waals surface area contributed by atoms with E-state index in [9.17, 15) is 14.7 Å². The lowest BCUT2D eigenvalue weighted by molar-refractivity contribution is -0.140. The van der Waals surface area contributed by atoms with E-state index in [-0.39, 0.29) is 5.92 Å². The first kappa shape index (κ1) is 19.5. The van der Waals surface area contributed by atoms with Gasteiger partial charge in [-0.05, 0) is 24.5 Å². The van der Waals surface area contributed by atoms with E-state index in [0.717, 1.165) is 5.56 Å². The number of benzene rings is 1. The van der Waals surface area contributed by atoms with Gasteiger partial charge in [-0.25, -0.2) is 4.79 Å². The topological polar surface area (TPSA) is 84.9 Å². The van der Waals surface area contributed by atoms with Crippen LogP contribution in [0.5, 0.6) is 11.5 Å². The van der Waals surface area contributed by atoms with Crippen molar-refractivity contribution in [2.75, 3.05) is 14.2 Å². The minimum atomic E-state index is -1.05. The highest BCUT2D eigenvalue weighted by Crippen LogP contribution is 2.33. The largest absolute Gasteiger partial charge is 0.493 e. The lowest BCUT2D eigenvalue weighted by Gasteiger charge is -2.21. The smallest absolute Gasteiger partial charge is 0.326 e. The van der Waals surface area contributed by atoms with Gasteiger partial charge < -0.3 is 19.9 Å². The zero-order chi connectivity index (χ0) is 18.3. The molecule has 0 saturated heterocycles. The Balaban J connectivity index is 3.20. The lowest BCUT2D eigenvalue weighted by atomic mass is 9.98. The molecule has 0 aliphatic rings. The van der Waals surface area contributed by atoms with E-state index in [1.54, 1.807) is 19.1 Å². The Morgan fingerprint density at radius 2 is 2.00 bits per heavy atom. The van der Waals surface area contributed by atoms with Crippen molar-refractivity contribution in [1.29, 1.82) is 0 Å². The van der Waals surface area contributed by atoms with E-state index in [4.69, 9.17) is 9.47 Å². The molecule has 1 aromatic carbocycles. The predicted molar refractivity (Wildman–Crippen MR) is 91.8 cm³/mol. The fourth-order valence-electron chi connectivity index (χ4n) is 2.39. The second kappa shape index (κ2) is 8.96. The van der Waals surface area contributed by atoms with Gasteiger partial charge in [-0.1, -0.05) is 26.3 Å². The molecule has 0 bridgehead atoms. The van der Waals surface area contributed by atoms with Crippen LogP contribution in [0.25, 0.3) is 0 Å². The molecule has 1 rings (SSSR count). The summed E-state index contributed by atoms with van der Waals surface area (Å²) in [5.41, 5.74) is 1.06. The molecular weight excluding hydrogens is 310 g/mol. The van der Waals surface area contributed by atoms with Gasteiger partial charge in [0.05, 0.1) is 14.2 Å². The number of amides is 1. The van der Waals surface area contributed by atoms with Gasteiger partial charge in [0, 0.05) is 11.1 Å².